The molecule has 0 heterocycles. The van der Waals surface area contributed by atoms with Crippen LogP contribution in [0.25, 0.3) is 0 Å². The van der Waals surface area contributed by atoms with Crippen molar-refractivity contribution >= 4 is 23.8 Å². The molecule has 0 saturated heterocycles. The first-order valence-corrected chi connectivity index (χ1v) is 4.12. The quantitative estimate of drug-likeness (QED) is 0.455. The first kappa shape index (κ1) is 11.4. The van der Waals surface area contributed by atoms with Gasteiger partial charge in [-0.25, -0.2) is 19.0 Å². The number of urea groups is 1. The average molecular weight is 234 g/mol. The van der Waals surface area contributed by atoms with Crippen LogP contribution in [0, 0.1) is 11.6 Å². The average Bonchev–Trinajstić information content (AvgIpc) is 2.17. The standard InChI is InChI=1S/C8H6ClF2N3O/c9-5-1-2-6(10)7(11)4(5)3-13-14-8(12)15/h1-3H,(H3,12,14,15). The van der Waals surface area contributed by atoms with E-state index in [2.05, 4.69) is 5.10 Å². The highest BCUT2D eigenvalue weighted by atomic mass is 35.5. The summed E-state index contributed by atoms with van der Waals surface area (Å²) in [5, 5.41) is 3.24. The second kappa shape index (κ2) is 4.70. The second-order valence-electron chi connectivity index (χ2n) is 2.49. The molecule has 0 unspecified atom stereocenters. The molecule has 4 nitrogen and oxygen atoms in total. The molecule has 0 spiro atoms. The Hall–Kier alpha value is -1.69. The van der Waals surface area contributed by atoms with Crippen molar-refractivity contribution in [3.63, 3.8) is 0 Å². The summed E-state index contributed by atoms with van der Waals surface area (Å²) in [5.74, 6) is -2.20. The van der Waals surface area contributed by atoms with Crippen molar-refractivity contribution in [1.29, 1.82) is 0 Å². The van der Waals surface area contributed by atoms with Crippen molar-refractivity contribution in [3.8, 4) is 0 Å². The number of nitrogens with one attached hydrogen (secondary N) is 1. The minimum atomic E-state index is -1.14. The summed E-state index contributed by atoms with van der Waals surface area (Å²) in [4.78, 5) is 10.2. The fraction of sp³-hybridized carbons (Fsp3) is 0. The van der Waals surface area contributed by atoms with Gasteiger partial charge in [0.1, 0.15) is 0 Å². The topological polar surface area (TPSA) is 67.5 Å². The van der Waals surface area contributed by atoms with Gasteiger partial charge in [-0.2, -0.15) is 5.10 Å². The van der Waals surface area contributed by atoms with Crippen LogP contribution in [0.3, 0.4) is 0 Å². The fourth-order valence-electron chi connectivity index (χ4n) is 0.822. The van der Waals surface area contributed by atoms with Crippen LogP contribution < -0.4 is 11.2 Å². The fourth-order valence-corrected chi connectivity index (χ4v) is 1.02. The number of hydrogen-bond acceptors (Lipinski definition) is 2. The third-order valence-corrected chi connectivity index (χ3v) is 1.78. The van der Waals surface area contributed by atoms with Gasteiger partial charge in [-0.15, -0.1) is 0 Å². The Bertz CT molecular complexity index is 423. The van der Waals surface area contributed by atoms with Crippen LogP contribution in [0.2, 0.25) is 5.02 Å². The van der Waals surface area contributed by atoms with E-state index >= 15 is 0 Å². The molecule has 7 heteroatoms. The SMILES string of the molecule is NC(=O)NN=Cc1c(Cl)ccc(F)c1F. The minimum Gasteiger partial charge on any atom is -0.350 e. The molecule has 1 aromatic carbocycles. The van der Waals surface area contributed by atoms with Gasteiger partial charge >= 0.3 is 6.03 Å². The zero-order valence-electron chi connectivity index (χ0n) is 7.30. The van der Waals surface area contributed by atoms with E-state index in [1.54, 1.807) is 0 Å². The van der Waals surface area contributed by atoms with Crippen LogP contribution >= 0.6 is 11.6 Å². The molecule has 3 N–H and O–H groups in total. The molecule has 0 fully saturated rings. The van der Waals surface area contributed by atoms with E-state index in [9.17, 15) is 13.6 Å². The summed E-state index contributed by atoms with van der Waals surface area (Å²) in [6.07, 6.45) is 0.867. The highest BCUT2D eigenvalue weighted by Gasteiger charge is 2.10. The summed E-state index contributed by atoms with van der Waals surface area (Å²) in [5.41, 5.74) is 6.27. The van der Waals surface area contributed by atoms with Crippen molar-refractivity contribution in [2.24, 2.45) is 10.8 Å². The smallest absolute Gasteiger partial charge is 0.332 e. The lowest BCUT2D eigenvalue weighted by Gasteiger charge is -2.00. The van der Waals surface area contributed by atoms with Crippen LogP contribution in [0.15, 0.2) is 17.2 Å². The number of amides is 2. The van der Waals surface area contributed by atoms with Crippen molar-refractivity contribution in [2.45, 2.75) is 0 Å². The predicted molar refractivity (Wildman–Crippen MR) is 51.7 cm³/mol. The van der Waals surface area contributed by atoms with Gasteiger partial charge in [0.2, 0.25) is 0 Å². The van der Waals surface area contributed by atoms with Crippen LogP contribution in [-0.2, 0) is 0 Å². The second-order valence-corrected chi connectivity index (χ2v) is 2.90. The van der Waals surface area contributed by atoms with Gasteiger partial charge in [0.05, 0.1) is 16.8 Å². The first-order valence-electron chi connectivity index (χ1n) is 3.74. The lowest BCUT2D eigenvalue weighted by atomic mass is 10.2. The van der Waals surface area contributed by atoms with E-state index in [1.165, 1.54) is 6.07 Å². The van der Waals surface area contributed by atoms with Gasteiger partial charge in [0, 0.05) is 0 Å². The molecule has 1 rings (SSSR count). The monoisotopic (exact) mass is 233 g/mol. The molecule has 0 radical (unpaired) electrons. The molecule has 0 aliphatic carbocycles. The van der Waals surface area contributed by atoms with Gasteiger partial charge in [-0.05, 0) is 12.1 Å². The highest BCUT2D eigenvalue weighted by Crippen LogP contribution is 2.19. The van der Waals surface area contributed by atoms with Gasteiger partial charge in [-0.1, -0.05) is 11.6 Å². The van der Waals surface area contributed by atoms with Crippen LogP contribution in [0.5, 0.6) is 0 Å². The number of nitrogens with two attached hydrogens (primary N) is 1. The number of hydrogen-bond donors (Lipinski definition) is 2. The number of nitrogens with zero attached hydrogens (tertiary/aromatic N) is 1. The van der Waals surface area contributed by atoms with E-state index in [0.717, 1.165) is 12.3 Å². The summed E-state index contributed by atoms with van der Waals surface area (Å²) in [7, 11) is 0. The van der Waals surface area contributed by atoms with E-state index in [-0.39, 0.29) is 10.6 Å². The number of halogens is 3. The van der Waals surface area contributed by atoms with Crippen LogP contribution in [0.1, 0.15) is 5.56 Å². The zero-order chi connectivity index (χ0) is 11.4. The summed E-state index contributed by atoms with van der Waals surface area (Å²) in [6.45, 7) is 0. The lowest BCUT2D eigenvalue weighted by Crippen LogP contribution is -2.24. The number of rotatable bonds is 2. The number of benzene rings is 1. The van der Waals surface area contributed by atoms with E-state index in [4.69, 9.17) is 17.3 Å². The molecule has 0 saturated carbocycles. The molecule has 2 amide bonds. The summed E-state index contributed by atoms with van der Waals surface area (Å²) < 4.78 is 25.8. The molecule has 0 aromatic heterocycles. The Balaban J connectivity index is 2.98. The van der Waals surface area contributed by atoms with E-state index < -0.39 is 17.7 Å². The number of hydrazone groups is 1. The van der Waals surface area contributed by atoms with Crippen molar-refractivity contribution in [2.75, 3.05) is 0 Å². The van der Waals surface area contributed by atoms with E-state index in [0.29, 0.717) is 0 Å². The Kier molecular flexibility index (Phi) is 3.56. The lowest BCUT2D eigenvalue weighted by molar-refractivity contribution is 0.249. The molecule has 0 atom stereocenters. The predicted octanol–water partition coefficient (Wildman–Crippen LogP) is 1.62. The Labute approximate surface area is 88.7 Å². The number of carbonyl (C=O) groups excluding carboxylic acids is 1. The van der Waals surface area contributed by atoms with Crippen molar-refractivity contribution < 1.29 is 13.6 Å². The number of primary amides is 1. The van der Waals surface area contributed by atoms with Crippen LogP contribution in [-0.4, -0.2) is 12.2 Å². The van der Waals surface area contributed by atoms with Gasteiger partial charge < -0.3 is 5.73 Å². The molecule has 15 heavy (non-hydrogen) atoms. The Morgan fingerprint density at radius 3 is 2.80 bits per heavy atom. The molecule has 0 aliphatic heterocycles. The minimum absolute atomic E-state index is 0.0241. The molecule has 0 bridgehead atoms. The molecular formula is C8H6ClF2N3O. The largest absolute Gasteiger partial charge is 0.350 e. The third kappa shape index (κ3) is 2.88. The molecule has 0 aliphatic rings. The van der Waals surface area contributed by atoms with Crippen molar-refractivity contribution in [1.82, 2.24) is 5.43 Å². The Morgan fingerprint density at radius 2 is 2.20 bits per heavy atom. The van der Waals surface area contributed by atoms with Crippen molar-refractivity contribution in [3.05, 3.63) is 34.4 Å². The van der Waals surface area contributed by atoms with Gasteiger partial charge in [0.25, 0.3) is 0 Å². The highest BCUT2D eigenvalue weighted by molar-refractivity contribution is 6.33. The van der Waals surface area contributed by atoms with Gasteiger partial charge in [0.15, 0.2) is 11.6 Å². The maximum absolute atomic E-state index is 13.1. The normalized spacial score (nSPS) is 10.6. The molecule has 1 aromatic rings. The van der Waals surface area contributed by atoms with E-state index in [1.807, 2.05) is 5.43 Å². The zero-order valence-corrected chi connectivity index (χ0v) is 8.05. The number of carbonyl (C=O) groups is 1. The molecular weight excluding hydrogens is 228 g/mol. The van der Waals surface area contributed by atoms with Gasteiger partial charge in [-0.3, -0.25) is 0 Å². The third-order valence-electron chi connectivity index (χ3n) is 1.45. The molecule has 80 valence electrons. The van der Waals surface area contributed by atoms with Crippen LogP contribution in [0.4, 0.5) is 13.6 Å². The first-order chi connectivity index (χ1) is 7.02. The summed E-state index contributed by atoms with van der Waals surface area (Å²) >= 11 is 5.57. The maximum Gasteiger partial charge on any atom is 0.332 e. The Morgan fingerprint density at radius 1 is 1.53 bits per heavy atom. The summed E-state index contributed by atoms with van der Waals surface area (Å²) in [6, 6.07) is 1.14. The maximum atomic E-state index is 13.1.